The molecule has 25 heavy (non-hydrogen) atoms. The fourth-order valence-electron chi connectivity index (χ4n) is 3.63. The Morgan fingerprint density at radius 3 is 2.64 bits per heavy atom. The fourth-order valence-corrected chi connectivity index (χ4v) is 4.80. The summed E-state index contributed by atoms with van der Waals surface area (Å²) < 4.78 is -0.594. The van der Waals surface area contributed by atoms with Crippen molar-refractivity contribution in [2.75, 3.05) is 26.2 Å². The van der Waals surface area contributed by atoms with Crippen LogP contribution in [0, 0.1) is 12.1 Å². The molecule has 2 aliphatic rings. The molecule has 0 spiro atoms. The number of hydroxylamine groups is 1. The standard InChI is InChI=1S/C20H23N3OS/c1-4-22(5-2)12-13-23(24)16-11-10-14(3)20-18(16)19(21-23)15-8-6-7-9-17(15)25-20/h6-11H,4-5,12-13H2,1-3H3. The van der Waals surface area contributed by atoms with Crippen LogP contribution < -0.4 is 4.76 Å². The Balaban J connectivity index is 1.81. The summed E-state index contributed by atoms with van der Waals surface area (Å²) in [5, 5.41) is 18.3. The first kappa shape index (κ1) is 16.8. The van der Waals surface area contributed by atoms with E-state index in [2.05, 4.69) is 43.9 Å². The van der Waals surface area contributed by atoms with Crippen LogP contribution in [0.2, 0.25) is 0 Å². The quantitative estimate of drug-likeness (QED) is 0.505. The number of quaternary nitrogens is 1. The predicted molar refractivity (Wildman–Crippen MR) is 105 cm³/mol. The number of hydrogen-bond acceptors (Lipinski definition) is 4. The molecule has 2 aromatic rings. The minimum absolute atomic E-state index is 0.452. The minimum atomic E-state index is -0.594. The Kier molecular flexibility index (Phi) is 4.20. The van der Waals surface area contributed by atoms with E-state index in [1.807, 2.05) is 18.2 Å². The van der Waals surface area contributed by atoms with E-state index in [1.54, 1.807) is 11.8 Å². The fraction of sp³-hybridized carbons (Fsp3) is 0.350. The van der Waals surface area contributed by atoms with Gasteiger partial charge in [-0.25, -0.2) is 0 Å². The van der Waals surface area contributed by atoms with Crippen molar-refractivity contribution in [2.24, 2.45) is 5.10 Å². The molecule has 5 heteroatoms. The molecule has 0 radical (unpaired) electrons. The number of likely N-dealkylation sites (N-methyl/N-ethyl adjacent to an activating group) is 1. The van der Waals surface area contributed by atoms with E-state index in [0.717, 1.165) is 42.2 Å². The van der Waals surface area contributed by atoms with Gasteiger partial charge in [0.1, 0.15) is 12.3 Å². The first-order valence-corrected chi connectivity index (χ1v) is 9.72. The summed E-state index contributed by atoms with van der Waals surface area (Å²) in [6.07, 6.45) is 0. The molecule has 2 aliphatic heterocycles. The summed E-state index contributed by atoms with van der Waals surface area (Å²) in [6.45, 7) is 9.50. The maximum absolute atomic E-state index is 13.6. The van der Waals surface area contributed by atoms with Crippen LogP contribution in [0.1, 0.15) is 30.5 Å². The van der Waals surface area contributed by atoms with Crippen LogP contribution in [0.25, 0.3) is 0 Å². The summed E-state index contributed by atoms with van der Waals surface area (Å²) in [5.74, 6) is 0. The van der Waals surface area contributed by atoms with Crippen molar-refractivity contribution in [1.82, 2.24) is 9.66 Å². The molecule has 0 aliphatic carbocycles. The summed E-state index contributed by atoms with van der Waals surface area (Å²) in [6, 6.07) is 12.3. The molecule has 0 aromatic heterocycles. The van der Waals surface area contributed by atoms with Gasteiger partial charge < -0.3 is 5.21 Å². The highest BCUT2D eigenvalue weighted by Crippen LogP contribution is 2.49. The van der Waals surface area contributed by atoms with E-state index in [-0.39, 0.29) is 0 Å². The number of fused-ring (bicyclic) bond motifs is 2. The Morgan fingerprint density at radius 2 is 1.88 bits per heavy atom. The maximum atomic E-state index is 13.6. The van der Waals surface area contributed by atoms with Crippen LogP contribution in [0.4, 0.5) is 5.69 Å². The van der Waals surface area contributed by atoms with Crippen molar-refractivity contribution in [3.8, 4) is 0 Å². The van der Waals surface area contributed by atoms with Crippen molar-refractivity contribution in [1.29, 1.82) is 0 Å². The third-order valence-electron chi connectivity index (χ3n) is 5.18. The molecule has 1 unspecified atom stereocenters. The average Bonchev–Trinajstić information content (AvgIpc) is 2.93. The lowest BCUT2D eigenvalue weighted by molar-refractivity contribution is 0.261. The van der Waals surface area contributed by atoms with Gasteiger partial charge in [0, 0.05) is 21.4 Å². The third kappa shape index (κ3) is 2.62. The van der Waals surface area contributed by atoms with Crippen molar-refractivity contribution >= 4 is 23.2 Å². The average molecular weight is 353 g/mol. The molecule has 0 bridgehead atoms. The topological polar surface area (TPSA) is 38.7 Å². The number of aryl methyl sites for hydroxylation is 1. The van der Waals surface area contributed by atoms with Crippen LogP contribution in [0.5, 0.6) is 0 Å². The molecule has 0 amide bonds. The monoisotopic (exact) mass is 353 g/mol. The van der Waals surface area contributed by atoms with Gasteiger partial charge in [0.15, 0.2) is 5.69 Å². The van der Waals surface area contributed by atoms with Crippen molar-refractivity contribution in [3.05, 3.63) is 58.3 Å². The van der Waals surface area contributed by atoms with Crippen LogP contribution in [-0.2, 0) is 0 Å². The summed E-state index contributed by atoms with van der Waals surface area (Å²) in [4.78, 5) is 4.66. The van der Waals surface area contributed by atoms with Gasteiger partial charge in [-0.3, -0.25) is 4.90 Å². The molecular formula is C20H23N3OS. The van der Waals surface area contributed by atoms with Crippen molar-refractivity contribution in [2.45, 2.75) is 30.6 Å². The lowest BCUT2D eigenvalue weighted by Crippen LogP contribution is -2.42. The minimum Gasteiger partial charge on any atom is -0.599 e. The molecule has 0 saturated carbocycles. The van der Waals surface area contributed by atoms with Gasteiger partial charge in [-0.15, -0.1) is 0 Å². The van der Waals surface area contributed by atoms with Gasteiger partial charge in [-0.1, -0.05) is 55.0 Å². The second-order valence-corrected chi connectivity index (χ2v) is 7.66. The van der Waals surface area contributed by atoms with E-state index in [4.69, 9.17) is 5.10 Å². The zero-order valence-corrected chi connectivity index (χ0v) is 15.8. The molecule has 130 valence electrons. The second-order valence-electron chi connectivity index (χ2n) is 6.60. The van der Waals surface area contributed by atoms with E-state index < -0.39 is 4.76 Å². The predicted octanol–water partition coefficient (Wildman–Crippen LogP) is 4.37. The molecule has 0 fully saturated rings. The van der Waals surface area contributed by atoms with Gasteiger partial charge >= 0.3 is 0 Å². The molecular weight excluding hydrogens is 330 g/mol. The Labute approximate surface area is 153 Å². The van der Waals surface area contributed by atoms with Gasteiger partial charge in [-0.2, -0.15) is 4.76 Å². The highest BCUT2D eigenvalue weighted by Gasteiger charge is 2.40. The first-order valence-electron chi connectivity index (χ1n) is 8.91. The van der Waals surface area contributed by atoms with Crippen molar-refractivity contribution in [3.63, 3.8) is 0 Å². The third-order valence-corrected chi connectivity index (χ3v) is 6.48. The lowest BCUT2D eigenvalue weighted by Gasteiger charge is -2.34. The summed E-state index contributed by atoms with van der Waals surface area (Å²) in [7, 11) is 0. The Bertz CT molecular complexity index is 860. The SMILES string of the molecule is CCN(CC)CC[N+]1([O-])N=C2c3ccccc3Sc3c(C)ccc1c32. The van der Waals surface area contributed by atoms with E-state index in [0.29, 0.717) is 6.54 Å². The molecule has 4 rings (SSSR count). The molecule has 1 atom stereocenters. The summed E-state index contributed by atoms with van der Waals surface area (Å²) in [5.41, 5.74) is 5.02. The highest BCUT2D eigenvalue weighted by atomic mass is 32.2. The largest absolute Gasteiger partial charge is 0.599 e. The van der Waals surface area contributed by atoms with Crippen LogP contribution in [0.15, 0.2) is 51.3 Å². The van der Waals surface area contributed by atoms with Crippen molar-refractivity contribution < 1.29 is 0 Å². The number of nitrogens with zero attached hydrogens (tertiary/aromatic N) is 3. The summed E-state index contributed by atoms with van der Waals surface area (Å²) >= 11 is 1.76. The normalized spacial score (nSPS) is 20.4. The number of hydrogen-bond donors (Lipinski definition) is 0. The zero-order chi connectivity index (χ0) is 17.6. The highest BCUT2D eigenvalue weighted by molar-refractivity contribution is 7.99. The molecule has 2 heterocycles. The first-order chi connectivity index (χ1) is 12.1. The Hall–Kier alpha value is -1.66. The van der Waals surface area contributed by atoms with Gasteiger partial charge in [0.05, 0.1) is 12.1 Å². The molecule has 0 N–H and O–H groups in total. The second kappa shape index (κ2) is 6.25. The van der Waals surface area contributed by atoms with Gasteiger partial charge in [-0.05, 0) is 31.6 Å². The van der Waals surface area contributed by atoms with Gasteiger partial charge in [0.25, 0.3) is 0 Å². The van der Waals surface area contributed by atoms with Crippen LogP contribution in [-0.4, -0.2) is 36.8 Å². The lowest BCUT2D eigenvalue weighted by atomic mass is 9.99. The molecule has 4 nitrogen and oxygen atoms in total. The molecule has 0 saturated heterocycles. The van der Waals surface area contributed by atoms with Gasteiger partial charge in [0.2, 0.25) is 0 Å². The van der Waals surface area contributed by atoms with E-state index in [9.17, 15) is 5.21 Å². The Morgan fingerprint density at radius 1 is 1.12 bits per heavy atom. The van der Waals surface area contributed by atoms with E-state index in [1.165, 1.54) is 15.4 Å². The zero-order valence-electron chi connectivity index (χ0n) is 15.0. The number of rotatable bonds is 5. The van der Waals surface area contributed by atoms with E-state index >= 15 is 0 Å². The van der Waals surface area contributed by atoms with Crippen LogP contribution in [0.3, 0.4) is 0 Å². The number of benzene rings is 2. The van der Waals surface area contributed by atoms with Crippen LogP contribution >= 0.6 is 11.8 Å². The molecule has 2 aromatic carbocycles. The maximum Gasteiger partial charge on any atom is 0.170 e. The smallest absolute Gasteiger partial charge is 0.170 e.